The zero-order valence-corrected chi connectivity index (χ0v) is 13.8. The summed E-state index contributed by atoms with van der Waals surface area (Å²) >= 11 is 0. The number of aromatic nitrogens is 1. The van der Waals surface area contributed by atoms with E-state index in [0.717, 1.165) is 24.8 Å². The van der Waals surface area contributed by atoms with Gasteiger partial charge in [-0.25, -0.2) is 13.6 Å². The fourth-order valence-corrected chi connectivity index (χ4v) is 4.09. The second-order valence-corrected chi connectivity index (χ2v) is 6.91. The van der Waals surface area contributed by atoms with Crippen LogP contribution in [0.5, 0.6) is 0 Å². The van der Waals surface area contributed by atoms with Crippen molar-refractivity contribution in [2.75, 3.05) is 0 Å². The summed E-state index contributed by atoms with van der Waals surface area (Å²) in [7, 11) is 0. The summed E-state index contributed by atoms with van der Waals surface area (Å²) in [5, 5.41) is 9.27. The maximum atomic E-state index is 13.4. The molecule has 2 aliphatic rings. The van der Waals surface area contributed by atoms with E-state index in [2.05, 4.69) is 5.92 Å². The molecule has 132 valence electrons. The van der Waals surface area contributed by atoms with Gasteiger partial charge in [-0.3, -0.25) is 4.79 Å². The van der Waals surface area contributed by atoms with Crippen LogP contribution in [0.4, 0.5) is 8.78 Å². The lowest BCUT2D eigenvalue weighted by Crippen LogP contribution is -2.46. The zero-order chi connectivity index (χ0) is 18.6. The van der Waals surface area contributed by atoms with Crippen molar-refractivity contribution in [3.63, 3.8) is 0 Å². The third-order valence-corrected chi connectivity index (χ3v) is 5.54. The Hall–Kier alpha value is -2.94. The lowest BCUT2D eigenvalue weighted by atomic mass is 9.69. The summed E-state index contributed by atoms with van der Waals surface area (Å²) in [4.78, 5) is 23.6. The quantitative estimate of drug-likeness (QED) is 0.838. The van der Waals surface area contributed by atoms with Gasteiger partial charge in [-0.15, -0.1) is 6.42 Å². The average Bonchev–Trinajstić information content (AvgIpc) is 2.57. The second kappa shape index (κ2) is 5.53. The van der Waals surface area contributed by atoms with E-state index >= 15 is 0 Å². The maximum absolute atomic E-state index is 13.4. The van der Waals surface area contributed by atoms with Crippen LogP contribution in [0.15, 0.2) is 29.2 Å². The number of carbonyl (C=O) groups is 1. The number of carboxylic acid groups (broad SMARTS) is 1. The number of halogens is 2. The molecule has 6 heteroatoms. The van der Waals surface area contributed by atoms with Crippen molar-refractivity contribution in [2.24, 2.45) is 0 Å². The van der Waals surface area contributed by atoms with Gasteiger partial charge in [-0.1, -0.05) is 5.92 Å². The van der Waals surface area contributed by atoms with Crippen LogP contribution in [0, 0.1) is 12.3 Å². The first-order valence-electron chi connectivity index (χ1n) is 8.29. The second-order valence-electron chi connectivity index (χ2n) is 6.91. The molecule has 26 heavy (non-hydrogen) atoms. The van der Waals surface area contributed by atoms with Crippen molar-refractivity contribution in [1.82, 2.24) is 4.57 Å². The first-order valence-corrected chi connectivity index (χ1v) is 8.29. The summed E-state index contributed by atoms with van der Waals surface area (Å²) in [6.45, 7) is 0. The van der Waals surface area contributed by atoms with E-state index in [9.17, 15) is 23.5 Å². The Kier molecular flexibility index (Phi) is 3.52. The van der Waals surface area contributed by atoms with Gasteiger partial charge in [0.2, 0.25) is 0 Å². The van der Waals surface area contributed by atoms with Crippen LogP contribution >= 0.6 is 0 Å². The Labute approximate surface area is 148 Å². The first kappa shape index (κ1) is 16.5. The molecule has 0 bridgehead atoms. The Bertz CT molecular complexity index is 1040. The van der Waals surface area contributed by atoms with Crippen LogP contribution in [0.2, 0.25) is 0 Å². The van der Waals surface area contributed by atoms with E-state index in [1.807, 2.05) is 0 Å². The Morgan fingerprint density at radius 2 is 2.04 bits per heavy atom. The molecule has 0 atom stereocenters. The molecule has 2 aromatic rings. The number of carboxylic acids is 1. The van der Waals surface area contributed by atoms with Gasteiger partial charge < -0.3 is 9.67 Å². The molecule has 1 saturated carbocycles. The molecule has 1 aromatic carbocycles. The van der Waals surface area contributed by atoms with E-state index in [1.165, 1.54) is 18.3 Å². The third kappa shape index (κ3) is 2.20. The predicted molar refractivity (Wildman–Crippen MR) is 91.5 cm³/mol. The molecular formula is C20H15F2NO3. The minimum atomic E-state index is -2.73. The number of hydrogen-bond acceptors (Lipinski definition) is 2. The van der Waals surface area contributed by atoms with E-state index in [4.69, 9.17) is 6.42 Å². The lowest BCUT2D eigenvalue weighted by Gasteiger charge is -2.48. The SMILES string of the molecule is C#Cc1cc2c(cc1C(F)F)-c1cc(=O)c(C(=O)O)cn1C1(CCC1)C2. The minimum absolute atomic E-state index is 0.158. The van der Waals surface area contributed by atoms with E-state index in [1.54, 1.807) is 10.6 Å². The Morgan fingerprint density at radius 1 is 1.31 bits per heavy atom. The number of benzene rings is 1. The minimum Gasteiger partial charge on any atom is -0.477 e. The molecule has 1 aliphatic heterocycles. The Balaban J connectivity index is 2.03. The molecule has 1 aromatic heterocycles. The molecular weight excluding hydrogens is 340 g/mol. The highest BCUT2D eigenvalue weighted by Gasteiger charge is 2.43. The standard InChI is InChI=1S/C20H15F2NO3/c1-2-11-6-12-9-20(4-3-5-20)23-10-15(19(25)26)17(24)8-16(23)13(12)7-14(11)18(21)22/h1,6-8,10,18H,3-5,9H2,(H,25,26). The van der Waals surface area contributed by atoms with Crippen molar-refractivity contribution in [3.8, 4) is 23.6 Å². The molecule has 4 rings (SSSR count). The highest BCUT2D eigenvalue weighted by molar-refractivity contribution is 5.88. The number of fused-ring (bicyclic) bond motifs is 4. The number of alkyl halides is 2. The van der Waals surface area contributed by atoms with Crippen molar-refractivity contribution in [2.45, 2.75) is 37.6 Å². The number of rotatable bonds is 2. The van der Waals surface area contributed by atoms with Crippen LogP contribution in [-0.4, -0.2) is 15.6 Å². The van der Waals surface area contributed by atoms with Crippen molar-refractivity contribution >= 4 is 5.97 Å². The first-order chi connectivity index (χ1) is 12.4. The fraction of sp³-hybridized carbons (Fsp3) is 0.300. The van der Waals surface area contributed by atoms with Crippen molar-refractivity contribution in [1.29, 1.82) is 0 Å². The van der Waals surface area contributed by atoms with Gasteiger partial charge in [0.05, 0.1) is 5.69 Å². The molecule has 4 nitrogen and oxygen atoms in total. The molecule has 1 fully saturated rings. The summed E-state index contributed by atoms with van der Waals surface area (Å²) in [6, 6.07) is 4.19. The number of hydrogen-bond donors (Lipinski definition) is 1. The topological polar surface area (TPSA) is 59.3 Å². The Morgan fingerprint density at radius 3 is 2.58 bits per heavy atom. The van der Waals surface area contributed by atoms with Crippen molar-refractivity contribution < 1.29 is 18.7 Å². The van der Waals surface area contributed by atoms with Crippen LogP contribution < -0.4 is 5.43 Å². The zero-order valence-electron chi connectivity index (χ0n) is 13.8. The van der Waals surface area contributed by atoms with Crippen LogP contribution in [-0.2, 0) is 12.0 Å². The van der Waals surface area contributed by atoms with Crippen molar-refractivity contribution in [3.05, 3.63) is 56.9 Å². The summed E-state index contributed by atoms with van der Waals surface area (Å²) < 4.78 is 28.6. The molecule has 0 unspecified atom stereocenters. The molecule has 2 heterocycles. The van der Waals surface area contributed by atoms with Crippen LogP contribution in [0.3, 0.4) is 0 Å². The van der Waals surface area contributed by atoms with Crippen LogP contribution in [0.1, 0.15) is 52.7 Å². The number of aromatic carboxylic acids is 1. The van der Waals surface area contributed by atoms with Gasteiger partial charge in [-0.2, -0.15) is 0 Å². The number of nitrogens with zero attached hydrogens (tertiary/aromatic N) is 1. The summed E-state index contributed by atoms with van der Waals surface area (Å²) in [5.41, 5.74) is 0.465. The van der Waals surface area contributed by atoms with Gasteiger partial charge in [0.25, 0.3) is 6.43 Å². The van der Waals surface area contributed by atoms with Gasteiger partial charge in [0.15, 0.2) is 5.43 Å². The van der Waals surface area contributed by atoms with E-state index in [-0.39, 0.29) is 22.2 Å². The molecule has 1 spiro atoms. The largest absolute Gasteiger partial charge is 0.477 e. The number of terminal acetylenes is 1. The number of pyridine rings is 1. The normalized spacial score (nSPS) is 16.5. The summed E-state index contributed by atoms with van der Waals surface area (Å²) in [6.07, 6.45) is 7.27. The fourth-order valence-electron chi connectivity index (χ4n) is 4.09. The van der Waals surface area contributed by atoms with Gasteiger partial charge >= 0.3 is 5.97 Å². The van der Waals surface area contributed by atoms with Gasteiger partial charge in [0, 0.05) is 34.5 Å². The molecule has 1 aliphatic carbocycles. The molecule has 1 N–H and O–H groups in total. The van der Waals surface area contributed by atoms with Crippen LogP contribution in [0.25, 0.3) is 11.3 Å². The predicted octanol–water partition coefficient (Wildman–Crippen LogP) is 3.57. The molecule has 0 radical (unpaired) electrons. The summed E-state index contributed by atoms with van der Waals surface area (Å²) in [5.74, 6) is 1.03. The monoisotopic (exact) mass is 355 g/mol. The van der Waals surface area contributed by atoms with E-state index < -0.39 is 17.8 Å². The molecule has 0 saturated heterocycles. The third-order valence-electron chi connectivity index (χ3n) is 5.54. The smallest absolute Gasteiger partial charge is 0.341 e. The highest BCUT2D eigenvalue weighted by atomic mass is 19.3. The van der Waals surface area contributed by atoms with Gasteiger partial charge in [-0.05, 0) is 43.4 Å². The van der Waals surface area contributed by atoms with E-state index in [0.29, 0.717) is 17.7 Å². The maximum Gasteiger partial charge on any atom is 0.341 e. The lowest BCUT2D eigenvalue weighted by molar-refractivity contribution is 0.0691. The molecule has 0 amide bonds. The highest BCUT2D eigenvalue weighted by Crippen LogP contribution is 2.49. The average molecular weight is 355 g/mol. The van der Waals surface area contributed by atoms with Gasteiger partial charge in [0.1, 0.15) is 5.56 Å².